The number of aromatic nitrogens is 1. The van der Waals surface area contributed by atoms with Crippen molar-refractivity contribution < 1.29 is 14.3 Å². The largest absolute Gasteiger partial charge is 0.489 e. The van der Waals surface area contributed by atoms with Gasteiger partial charge >= 0.3 is 0 Å². The number of carbonyl (C=O) groups excluding carboxylic acids is 2. The first kappa shape index (κ1) is 21.5. The Morgan fingerprint density at radius 2 is 2.03 bits per heavy atom. The van der Waals surface area contributed by atoms with Gasteiger partial charge in [0, 0.05) is 31.2 Å². The zero-order valence-corrected chi connectivity index (χ0v) is 18.3. The van der Waals surface area contributed by atoms with E-state index in [1.54, 1.807) is 23.5 Å². The lowest BCUT2D eigenvalue weighted by Crippen LogP contribution is -2.52. The maximum Gasteiger partial charge on any atom is 0.255 e. The van der Waals surface area contributed by atoms with E-state index in [4.69, 9.17) is 4.74 Å². The number of piperidine rings is 1. The van der Waals surface area contributed by atoms with Crippen LogP contribution in [0.15, 0.2) is 48.0 Å². The zero-order chi connectivity index (χ0) is 21.5. The SMILES string of the molecule is O=C1NCCNC(=O)C2(C/C=C/COc3ccccc31)CCCN(Cc1nccs1)C2. The molecule has 8 heteroatoms. The predicted octanol–water partition coefficient (Wildman–Crippen LogP) is 2.61. The second-order valence-corrected chi connectivity index (χ2v) is 8.99. The topological polar surface area (TPSA) is 83.6 Å². The number of ether oxygens (including phenoxy) is 1. The van der Waals surface area contributed by atoms with Gasteiger partial charge in [-0.2, -0.15) is 0 Å². The number of thiazole rings is 1. The van der Waals surface area contributed by atoms with Crippen LogP contribution in [0.2, 0.25) is 0 Å². The summed E-state index contributed by atoms with van der Waals surface area (Å²) in [5.74, 6) is 0.411. The van der Waals surface area contributed by atoms with E-state index in [2.05, 4.69) is 20.5 Å². The minimum absolute atomic E-state index is 0.0496. The van der Waals surface area contributed by atoms with Gasteiger partial charge in [-0.25, -0.2) is 4.98 Å². The first-order chi connectivity index (χ1) is 15.2. The fraction of sp³-hybridized carbons (Fsp3) is 0.435. The quantitative estimate of drug-likeness (QED) is 0.702. The molecule has 2 aromatic rings. The number of nitrogens with one attached hydrogen (secondary N) is 2. The van der Waals surface area contributed by atoms with E-state index in [0.29, 0.717) is 44.0 Å². The highest BCUT2D eigenvalue weighted by Gasteiger charge is 2.41. The Kier molecular flexibility index (Phi) is 6.99. The Hall–Kier alpha value is -2.71. The maximum absolute atomic E-state index is 13.3. The van der Waals surface area contributed by atoms with Crippen LogP contribution in [0.25, 0.3) is 0 Å². The number of nitrogens with zero attached hydrogens (tertiary/aromatic N) is 2. The summed E-state index contributed by atoms with van der Waals surface area (Å²) in [5.41, 5.74) is 0.0127. The van der Waals surface area contributed by atoms with E-state index in [1.807, 2.05) is 35.9 Å². The monoisotopic (exact) mass is 440 g/mol. The molecule has 2 aliphatic rings. The van der Waals surface area contributed by atoms with Crippen molar-refractivity contribution in [2.45, 2.75) is 25.8 Å². The molecule has 0 radical (unpaired) electrons. The third-order valence-corrected chi connectivity index (χ3v) is 6.58. The number of benzene rings is 1. The molecular formula is C23H28N4O3S. The minimum Gasteiger partial charge on any atom is -0.489 e. The minimum atomic E-state index is -0.488. The molecule has 2 aliphatic heterocycles. The number of allylic oxidation sites excluding steroid dienone is 1. The second-order valence-electron chi connectivity index (χ2n) is 8.01. The number of hydrogen-bond acceptors (Lipinski definition) is 6. The second kappa shape index (κ2) is 10.1. The number of likely N-dealkylation sites (tertiary alicyclic amines) is 1. The maximum atomic E-state index is 13.3. The van der Waals surface area contributed by atoms with Gasteiger partial charge in [-0.1, -0.05) is 24.3 Å². The first-order valence-electron chi connectivity index (χ1n) is 10.7. The van der Waals surface area contributed by atoms with Gasteiger partial charge in [-0.3, -0.25) is 14.5 Å². The average molecular weight is 441 g/mol. The van der Waals surface area contributed by atoms with Crippen LogP contribution >= 0.6 is 11.3 Å². The van der Waals surface area contributed by atoms with E-state index < -0.39 is 5.41 Å². The van der Waals surface area contributed by atoms with Crippen molar-refractivity contribution in [1.29, 1.82) is 0 Å². The fourth-order valence-corrected chi connectivity index (χ4v) is 4.92. The smallest absolute Gasteiger partial charge is 0.255 e. The number of para-hydroxylation sites is 1. The predicted molar refractivity (Wildman–Crippen MR) is 120 cm³/mol. The standard InChI is InChI=1S/C23H28N4O3S/c28-21-18-6-1-2-7-19(18)30-14-4-3-8-23(22(29)26-11-10-25-21)9-5-13-27(17-23)16-20-24-12-15-31-20/h1-4,6-7,12,15H,5,8-11,13-14,16-17H2,(H,25,28)(H,26,29)/b4-3+. The summed E-state index contributed by atoms with van der Waals surface area (Å²) in [5, 5.41) is 8.99. The van der Waals surface area contributed by atoms with Gasteiger partial charge in [0.15, 0.2) is 0 Å². The van der Waals surface area contributed by atoms with Gasteiger partial charge in [0.2, 0.25) is 5.91 Å². The molecule has 2 N–H and O–H groups in total. The Bertz CT molecular complexity index is 931. The van der Waals surface area contributed by atoms with Crippen molar-refractivity contribution in [1.82, 2.24) is 20.5 Å². The number of fused-ring (bicyclic) bond motifs is 1. The molecular weight excluding hydrogens is 412 g/mol. The van der Waals surface area contributed by atoms with Crippen LogP contribution in [0.1, 0.15) is 34.6 Å². The zero-order valence-electron chi connectivity index (χ0n) is 17.5. The van der Waals surface area contributed by atoms with Crippen molar-refractivity contribution >= 4 is 23.2 Å². The van der Waals surface area contributed by atoms with Gasteiger partial charge in [0.05, 0.1) is 17.5 Å². The lowest BCUT2D eigenvalue weighted by molar-refractivity contribution is -0.134. The summed E-state index contributed by atoms with van der Waals surface area (Å²) < 4.78 is 5.83. The van der Waals surface area contributed by atoms with Crippen molar-refractivity contribution in [3.63, 3.8) is 0 Å². The third kappa shape index (κ3) is 5.32. The van der Waals surface area contributed by atoms with E-state index >= 15 is 0 Å². The van der Waals surface area contributed by atoms with E-state index in [-0.39, 0.29) is 11.8 Å². The molecule has 4 rings (SSSR count). The fourth-order valence-electron chi connectivity index (χ4n) is 4.26. The van der Waals surface area contributed by atoms with Crippen LogP contribution in [0, 0.1) is 5.41 Å². The van der Waals surface area contributed by atoms with E-state index in [0.717, 1.165) is 30.9 Å². The van der Waals surface area contributed by atoms with Gasteiger partial charge in [-0.15, -0.1) is 11.3 Å². The van der Waals surface area contributed by atoms with Crippen molar-refractivity contribution in [3.8, 4) is 5.75 Å². The summed E-state index contributed by atoms with van der Waals surface area (Å²) in [6, 6.07) is 7.21. The van der Waals surface area contributed by atoms with Crippen molar-refractivity contribution in [3.05, 3.63) is 58.6 Å². The molecule has 2 amide bonds. The molecule has 0 bridgehead atoms. The molecule has 3 heterocycles. The number of carbonyl (C=O) groups is 2. The molecule has 7 nitrogen and oxygen atoms in total. The van der Waals surface area contributed by atoms with Gasteiger partial charge in [-0.05, 0) is 37.9 Å². The normalized spacial score (nSPS) is 24.4. The molecule has 1 spiro atoms. The molecule has 31 heavy (non-hydrogen) atoms. The van der Waals surface area contributed by atoms with Gasteiger partial charge < -0.3 is 15.4 Å². The van der Waals surface area contributed by atoms with Crippen LogP contribution in [-0.4, -0.2) is 54.5 Å². The molecule has 0 aliphatic carbocycles. The lowest BCUT2D eigenvalue weighted by Gasteiger charge is -2.41. The Morgan fingerprint density at radius 3 is 2.90 bits per heavy atom. The van der Waals surface area contributed by atoms with Gasteiger partial charge in [0.1, 0.15) is 17.4 Å². The van der Waals surface area contributed by atoms with Crippen LogP contribution in [-0.2, 0) is 11.3 Å². The molecule has 1 saturated heterocycles. The molecule has 0 saturated carbocycles. The molecule has 1 fully saturated rings. The molecule has 1 aromatic heterocycles. The number of hydrogen-bond donors (Lipinski definition) is 2. The summed E-state index contributed by atoms with van der Waals surface area (Å²) in [7, 11) is 0. The van der Waals surface area contributed by atoms with Crippen molar-refractivity contribution in [2.24, 2.45) is 5.41 Å². The van der Waals surface area contributed by atoms with Crippen LogP contribution in [0.4, 0.5) is 0 Å². The Labute approximate surface area is 186 Å². The Morgan fingerprint density at radius 1 is 1.16 bits per heavy atom. The lowest BCUT2D eigenvalue weighted by atomic mass is 9.76. The number of amides is 2. The van der Waals surface area contributed by atoms with E-state index in [1.165, 1.54) is 0 Å². The summed E-state index contributed by atoms with van der Waals surface area (Å²) in [4.78, 5) is 32.5. The summed E-state index contributed by atoms with van der Waals surface area (Å²) in [6.45, 7) is 3.55. The highest BCUT2D eigenvalue weighted by molar-refractivity contribution is 7.09. The average Bonchev–Trinajstić information content (AvgIpc) is 3.29. The molecule has 1 atom stereocenters. The highest BCUT2D eigenvalue weighted by Crippen LogP contribution is 2.35. The van der Waals surface area contributed by atoms with Crippen LogP contribution in [0.3, 0.4) is 0 Å². The third-order valence-electron chi connectivity index (χ3n) is 5.82. The number of rotatable bonds is 2. The Balaban J connectivity index is 1.49. The van der Waals surface area contributed by atoms with Crippen molar-refractivity contribution in [2.75, 3.05) is 32.8 Å². The first-order valence-corrected chi connectivity index (χ1v) is 11.6. The van der Waals surface area contributed by atoms with Crippen LogP contribution in [0.5, 0.6) is 5.75 Å². The highest BCUT2D eigenvalue weighted by atomic mass is 32.1. The molecule has 1 aromatic carbocycles. The summed E-state index contributed by atoms with van der Waals surface area (Å²) >= 11 is 1.65. The van der Waals surface area contributed by atoms with E-state index in [9.17, 15) is 9.59 Å². The van der Waals surface area contributed by atoms with Gasteiger partial charge in [0.25, 0.3) is 5.91 Å². The molecule has 164 valence electrons. The molecule has 1 unspecified atom stereocenters. The van der Waals surface area contributed by atoms with Crippen LogP contribution < -0.4 is 15.4 Å². The summed E-state index contributed by atoms with van der Waals surface area (Å²) in [6.07, 6.45) is 8.27.